The van der Waals surface area contributed by atoms with Crippen molar-refractivity contribution in [3.63, 3.8) is 0 Å². The van der Waals surface area contributed by atoms with Crippen LogP contribution in [0, 0.1) is 16.0 Å². The third-order valence-corrected chi connectivity index (χ3v) is 5.59. The van der Waals surface area contributed by atoms with E-state index in [-0.39, 0.29) is 35.4 Å². The van der Waals surface area contributed by atoms with Crippen LogP contribution in [-0.4, -0.2) is 38.9 Å². The molecule has 1 saturated carbocycles. The van der Waals surface area contributed by atoms with E-state index in [9.17, 15) is 15.2 Å². The summed E-state index contributed by atoms with van der Waals surface area (Å²) in [7, 11) is 0. The number of rotatable bonds is 2. The molecule has 1 aromatic carbocycles. The maximum atomic E-state index is 11.5. The molecule has 1 aromatic rings. The Morgan fingerprint density at radius 1 is 1.24 bits per heavy atom. The molecule has 1 aliphatic carbocycles. The Morgan fingerprint density at radius 2 is 1.88 bits per heavy atom. The number of nitro groups is 1. The SMILES string of the molecule is CC(C)(C)N1O[C@@H]2CCC[C@@H]3O[C@](O)(c4ccc([N+](=O)[O-])cc4)[C@@H]1[C@H]32. The molecule has 0 unspecified atom stereocenters. The van der Waals surface area contributed by atoms with Crippen molar-refractivity contribution in [3.8, 4) is 0 Å². The quantitative estimate of drug-likeness (QED) is 0.653. The zero-order valence-corrected chi connectivity index (χ0v) is 14.7. The van der Waals surface area contributed by atoms with Crippen LogP contribution in [0.4, 0.5) is 5.69 Å². The Morgan fingerprint density at radius 3 is 2.48 bits per heavy atom. The molecule has 4 rings (SSSR count). The molecule has 0 amide bonds. The lowest BCUT2D eigenvalue weighted by Crippen LogP contribution is -2.53. The fourth-order valence-corrected chi connectivity index (χ4v) is 4.54. The van der Waals surface area contributed by atoms with Gasteiger partial charge in [-0.15, -0.1) is 0 Å². The van der Waals surface area contributed by atoms with Crippen LogP contribution in [0.3, 0.4) is 0 Å². The molecule has 3 aliphatic rings. The molecular weight excluding hydrogens is 324 g/mol. The lowest BCUT2D eigenvalue weighted by molar-refractivity contribution is -0.384. The monoisotopic (exact) mass is 348 g/mol. The molecule has 1 N–H and O–H groups in total. The minimum Gasteiger partial charge on any atom is -0.360 e. The van der Waals surface area contributed by atoms with Crippen LogP contribution >= 0.6 is 0 Å². The van der Waals surface area contributed by atoms with Crippen molar-refractivity contribution in [2.24, 2.45) is 5.92 Å². The Hall–Kier alpha value is -1.54. The van der Waals surface area contributed by atoms with Crippen LogP contribution in [0.25, 0.3) is 0 Å². The molecule has 0 radical (unpaired) electrons. The summed E-state index contributed by atoms with van der Waals surface area (Å²) in [6.45, 7) is 6.15. The molecule has 7 heteroatoms. The first-order valence-electron chi connectivity index (χ1n) is 8.83. The highest BCUT2D eigenvalue weighted by Crippen LogP contribution is 2.55. The van der Waals surface area contributed by atoms with Crippen molar-refractivity contribution >= 4 is 5.69 Å². The van der Waals surface area contributed by atoms with Crippen molar-refractivity contribution in [3.05, 3.63) is 39.9 Å². The van der Waals surface area contributed by atoms with Crippen molar-refractivity contribution in [1.29, 1.82) is 0 Å². The minimum atomic E-state index is -1.53. The Balaban J connectivity index is 1.76. The maximum Gasteiger partial charge on any atom is 0.269 e. The summed E-state index contributed by atoms with van der Waals surface area (Å²) in [5, 5.41) is 24.3. The van der Waals surface area contributed by atoms with Gasteiger partial charge >= 0.3 is 0 Å². The third-order valence-electron chi connectivity index (χ3n) is 5.59. The van der Waals surface area contributed by atoms with E-state index in [1.807, 2.05) is 25.8 Å². The Bertz CT molecular complexity index is 686. The average Bonchev–Trinajstić information content (AvgIpc) is 3.09. The average molecular weight is 348 g/mol. The molecule has 2 heterocycles. The summed E-state index contributed by atoms with van der Waals surface area (Å²) in [6.07, 6.45) is 2.86. The van der Waals surface area contributed by atoms with Gasteiger partial charge in [0.15, 0.2) is 0 Å². The predicted molar refractivity (Wildman–Crippen MR) is 89.5 cm³/mol. The Labute approximate surface area is 146 Å². The van der Waals surface area contributed by atoms with E-state index in [0.717, 1.165) is 19.3 Å². The second kappa shape index (κ2) is 5.48. The molecule has 2 aliphatic heterocycles. The van der Waals surface area contributed by atoms with Gasteiger partial charge in [-0.1, -0.05) is 0 Å². The summed E-state index contributed by atoms with van der Waals surface area (Å²) in [4.78, 5) is 16.7. The molecule has 0 spiro atoms. The van der Waals surface area contributed by atoms with E-state index >= 15 is 0 Å². The molecule has 136 valence electrons. The highest BCUT2D eigenvalue weighted by atomic mass is 16.7. The standard InChI is InChI=1S/C18H24N2O5/c1-17(2,3)19-16-15-13(5-4-6-14(15)25-19)24-18(16,21)11-7-9-12(10-8-11)20(22)23/h7-10,13-16,21H,4-6H2,1-3H3/t13-,14+,15+,16-,18+/m0/s1. The van der Waals surface area contributed by atoms with Gasteiger partial charge in [0, 0.05) is 29.2 Å². The van der Waals surface area contributed by atoms with Crippen LogP contribution in [0.2, 0.25) is 0 Å². The number of aliphatic hydroxyl groups is 1. The fourth-order valence-electron chi connectivity index (χ4n) is 4.54. The summed E-state index contributed by atoms with van der Waals surface area (Å²) in [5.74, 6) is -1.43. The van der Waals surface area contributed by atoms with Crippen LogP contribution in [0.1, 0.15) is 45.6 Å². The molecule has 25 heavy (non-hydrogen) atoms. The van der Waals surface area contributed by atoms with Gasteiger partial charge in [0.05, 0.1) is 17.1 Å². The summed E-state index contributed by atoms with van der Waals surface area (Å²) < 4.78 is 6.16. The lowest BCUT2D eigenvalue weighted by atomic mass is 9.78. The molecular formula is C18H24N2O5. The lowest BCUT2D eigenvalue weighted by Gasteiger charge is -2.40. The first kappa shape index (κ1) is 16.9. The molecule has 0 aromatic heterocycles. The van der Waals surface area contributed by atoms with E-state index in [1.165, 1.54) is 12.1 Å². The largest absolute Gasteiger partial charge is 0.360 e. The smallest absolute Gasteiger partial charge is 0.269 e. The number of benzene rings is 1. The molecule has 0 bridgehead atoms. The zero-order chi connectivity index (χ0) is 18.0. The van der Waals surface area contributed by atoms with Gasteiger partial charge in [0.2, 0.25) is 5.79 Å². The van der Waals surface area contributed by atoms with Gasteiger partial charge in [0.1, 0.15) is 6.04 Å². The van der Waals surface area contributed by atoms with Gasteiger partial charge in [-0.2, -0.15) is 5.06 Å². The van der Waals surface area contributed by atoms with E-state index in [0.29, 0.717) is 5.56 Å². The first-order chi connectivity index (χ1) is 11.7. The number of non-ortho nitro benzene ring substituents is 1. The summed E-state index contributed by atoms with van der Waals surface area (Å²) >= 11 is 0. The van der Waals surface area contributed by atoms with E-state index in [1.54, 1.807) is 12.1 Å². The zero-order valence-electron chi connectivity index (χ0n) is 14.7. The fraction of sp³-hybridized carbons (Fsp3) is 0.667. The van der Waals surface area contributed by atoms with Gasteiger partial charge < -0.3 is 9.84 Å². The number of hydrogen-bond donors (Lipinski definition) is 1. The number of hydrogen-bond acceptors (Lipinski definition) is 6. The van der Waals surface area contributed by atoms with Gasteiger partial charge in [-0.25, -0.2) is 0 Å². The molecule has 7 nitrogen and oxygen atoms in total. The van der Waals surface area contributed by atoms with Crippen molar-refractivity contribution in [2.75, 3.05) is 0 Å². The van der Waals surface area contributed by atoms with Gasteiger partial charge in [0.25, 0.3) is 5.69 Å². The van der Waals surface area contributed by atoms with Crippen molar-refractivity contribution in [2.45, 2.75) is 69.6 Å². The van der Waals surface area contributed by atoms with Gasteiger partial charge in [-0.3, -0.25) is 15.0 Å². The topological polar surface area (TPSA) is 85.1 Å². The predicted octanol–water partition coefficient (Wildman–Crippen LogP) is 2.72. The third kappa shape index (κ3) is 2.49. The molecule has 2 saturated heterocycles. The summed E-state index contributed by atoms with van der Waals surface area (Å²) in [6, 6.07) is 5.66. The van der Waals surface area contributed by atoms with Crippen LogP contribution in [-0.2, 0) is 15.4 Å². The second-order valence-electron chi connectivity index (χ2n) is 8.25. The molecule has 3 fully saturated rings. The molecule has 5 atom stereocenters. The summed E-state index contributed by atoms with van der Waals surface area (Å²) in [5.41, 5.74) is 0.238. The van der Waals surface area contributed by atoms with Crippen molar-refractivity contribution in [1.82, 2.24) is 5.06 Å². The maximum absolute atomic E-state index is 11.5. The van der Waals surface area contributed by atoms with Gasteiger partial charge in [-0.05, 0) is 52.2 Å². The first-order valence-corrected chi connectivity index (χ1v) is 8.83. The van der Waals surface area contributed by atoms with E-state index < -0.39 is 10.7 Å². The van der Waals surface area contributed by atoms with E-state index in [4.69, 9.17) is 9.57 Å². The number of nitro benzene ring substituents is 1. The van der Waals surface area contributed by atoms with E-state index in [2.05, 4.69) is 0 Å². The normalized spacial score (nSPS) is 37.9. The van der Waals surface area contributed by atoms with Crippen molar-refractivity contribution < 1.29 is 19.6 Å². The Kier molecular flexibility index (Phi) is 3.70. The van der Waals surface area contributed by atoms with Crippen LogP contribution in [0.5, 0.6) is 0 Å². The number of nitrogens with zero attached hydrogens (tertiary/aromatic N) is 2. The highest BCUT2D eigenvalue weighted by Gasteiger charge is 2.66. The number of hydroxylamine groups is 2. The van der Waals surface area contributed by atoms with Crippen LogP contribution in [0.15, 0.2) is 24.3 Å². The van der Waals surface area contributed by atoms with Crippen LogP contribution < -0.4 is 0 Å². The highest BCUT2D eigenvalue weighted by molar-refractivity contribution is 5.36. The minimum absolute atomic E-state index is 0.00371. The number of ether oxygens (including phenoxy) is 1. The second-order valence-corrected chi connectivity index (χ2v) is 8.25.